The first kappa shape index (κ1) is 20.0. The molecule has 0 saturated heterocycles. The van der Waals surface area contributed by atoms with Crippen molar-refractivity contribution in [2.24, 2.45) is 0 Å². The summed E-state index contributed by atoms with van der Waals surface area (Å²) in [5.74, 6) is 1.47. The number of nitrogens with zero attached hydrogens (tertiary/aromatic N) is 2. The van der Waals surface area contributed by atoms with E-state index in [0.29, 0.717) is 18.0 Å². The smallest absolute Gasteiger partial charge is 0.230 e. The summed E-state index contributed by atoms with van der Waals surface area (Å²) in [6, 6.07) is 11.8. The van der Waals surface area contributed by atoms with E-state index in [1.165, 1.54) is 17.3 Å². The van der Waals surface area contributed by atoms with Crippen LogP contribution < -0.4 is 14.8 Å². The van der Waals surface area contributed by atoms with Gasteiger partial charge in [-0.05, 0) is 36.8 Å². The first-order valence-electron chi connectivity index (χ1n) is 9.42. The number of rotatable bonds is 7. The number of thioether (sulfide) groups is 1. The molecule has 8 heteroatoms. The Kier molecular flexibility index (Phi) is 5.76. The SMILES string of the molecule is COc1ccc(CNC(=O)CSc2ncnc3c2[nH]c2ccc(C)cc23)cc1OC. The maximum absolute atomic E-state index is 12.4. The number of carbonyl (C=O) groups is 1. The number of nitrogens with one attached hydrogen (secondary N) is 2. The van der Waals surface area contributed by atoms with Gasteiger partial charge in [0.05, 0.1) is 25.5 Å². The Labute approximate surface area is 178 Å². The fourth-order valence-electron chi connectivity index (χ4n) is 3.27. The summed E-state index contributed by atoms with van der Waals surface area (Å²) in [5, 5.41) is 4.75. The van der Waals surface area contributed by atoms with Crippen molar-refractivity contribution in [3.8, 4) is 11.5 Å². The molecule has 0 radical (unpaired) electrons. The zero-order valence-electron chi connectivity index (χ0n) is 17.0. The number of methoxy groups -OCH3 is 2. The van der Waals surface area contributed by atoms with E-state index in [-0.39, 0.29) is 11.7 Å². The average Bonchev–Trinajstić information content (AvgIpc) is 3.14. The number of benzene rings is 2. The Balaban J connectivity index is 1.43. The number of aromatic amines is 1. The van der Waals surface area contributed by atoms with Gasteiger partial charge in [-0.2, -0.15) is 0 Å². The Morgan fingerprint density at radius 3 is 2.73 bits per heavy atom. The van der Waals surface area contributed by atoms with Gasteiger partial charge in [0.1, 0.15) is 16.9 Å². The van der Waals surface area contributed by atoms with Gasteiger partial charge in [-0.1, -0.05) is 29.5 Å². The molecule has 0 atom stereocenters. The van der Waals surface area contributed by atoms with Crippen LogP contribution in [0.15, 0.2) is 47.8 Å². The number of fused-ring (bicyclic) bond motifs is 3. The van der Waals surface area contributed by atoms with Crippen molar-refractivity contribution in [1.29, 1.82) is 0 Å². The Morgan fingerprint density at radius 2 is 1.93 bits per heavy atom. The third kappa shape index (κ3) is 4.04. The molecule has 0 aliphatic rings. The maximum atomic E-state index is 12.4. The highest BCUT2D eigenvalue weighted by Crippen LogP contribution is 2.30. The summed E-state index contributed by atoms with van der Waals surface area (Å²) in [6.07, 6.45) is 1.54. The van der Waals surface area contributed by atoms with Gasteiger partial charge in [0, 0.05) is 17.4 Å². The quantitative estimate of drug-likeness (QED) is 0.347. The fraction of sp³-hybridized carbons (Fsp3) is 0.227. The van der Waals surface area contributed by atoms with Crippen molar-refractivity contribution in [3.05, 3.63) is 53.9 Å². The predicted molar refractivity (Wildman–Crippen MR) is 118 cm³/mol. The molecule has 0 fully saturated rings. The topological polar surface area (TPSA) is 89.1 Å². The highest BCUT2D eigenvalue weighted by Gasteiger charge is 2.13. The van der Waals surface area contributed by atoms with Crippen molar-refractivity contribution in [1.82, 2.24) is 20.3 Å². The van der Waals surface area contributed by atoms with Crippen LogP contribution in [0.2, 0.25) is 0 Å². The molecule has 0 bridgehead atoms. The van der Waals surface area contributed by atoms with Crippen LogP contribution in [-0.4, -0.2) is 40.8 Å². The monoisotopic (exact) mass is 422 g/mol. The minimum absolute atomic E-state index is 0.0755. The van der Waals surface area contributed by atoms with E-state index in [9.17, 15) is 4.79 Å². The molecule has 2 aromatic heterocycles. The summed E-state index contributed by atoms with van der Waals surface area (Å²) in [4.78, 5) is 24.5. The molecule has 2 N–H and O–H groups in total. The summed E-state index contributed by atoms with van der Waals surface area (Å²) in [7, 11) is 3.18. The molecule has 2 heterocycles. The van der Waals surface area contributed by atoms with E-state index < -0.39 is 0 Å². The number of ether oxygens (including phenoxy) is 2. The van der Waals surface area contributed by atoms with E-state index in [4.69, 9.17) is 9.47 Å². The van der Waals surface area contributed by atoms with Gasteiger partial charge in [0.15, 0.2) is 11.5 Å². The zero-order chi connectivity index (χ0) is 21.1. The minimum atomic E-state index is -0.0755. The number of H-pyrrole nitrogens is 1. The van der Waals surface area contributed by atoms with Gasteiger partial charge >= 0.3 is 0 Å². The third-order valence-corrected chi connectivity index (χ3v) is 5.77. The molecular weight excluding hydrogens is 400 g/mol. The highest BCUT2D eigenvalue weighted by atomic mass is 32.2. The number of carbonyl (C=O) groups excluding carboxylic acids is 1. The molecule has 2 aromatic carbocycles. The standard InChI is InChI=1S/C22H22N4O3S/c1-13-4-6-16-15(8-13)20-21(26-16)22(25-12-24-20)30-11-19(27)23-10-14-5-7-17(28-2)18(9-14)29-3/h4-9,12,26H,10-11H2,1-3H3,(H,23,27). The van der Waals surface area contributed by atoms with Crippen molar-refractivity contribution in [2.75, 3.05) is 20.0 Å². The van der Waals surface area contributed by atoms with Crippen LogP contribution in [0, 0.1) is 6.92 Å². The molecule has 4 aromatic rings. The normalized spacial score (nSPS) is 11.0. The van der Waals surface area contributed by atoms with Gasteiger partial charge < -0.3 is 19.8 Å². The van der Waals surface area contributed by atoms with Crippen molar-refractivity contribution < 1.29 is 14.3 Å². The van der Waals surface area contributed by atoms with Gasteiger partial charge in [0.25, 0.3) is 0 Å². The molecule has 0 aliphatic heterocycles. The van der Waals surface area contributed by atoms with Crippen molar-refractivity contribution >= 4 is 39.6 Å². The van der Waals surface area contributed by atoms with Gasteiger partial charge in [-0.3, -0.25) is 4.79 Å². The summed E-state index contributed by atoms with van der Waals surface area (Å²) >= 11 is 1.39. The largest absolute Gasteiger partial charge is 0.493 e. The molecule has 154 valence electrons. The number of aromatic nitrogens is 3. The molecule has 0 aliphatic carbocycles. The molecule has 0 unspecified atom stereocenters. The molecular formula is C22H22N4O3S. The lowest BCUT2D eigenvalue weighted by atomic mass is 10.2. The van der Waals surface area contributed by atoms with E-state index in [2.05, 4.69) is 39.3 Å². The van der Waals surface area contributed by atoms with Crippen LogP contribution in [0.1, 0.15) is 11.1 Å². The Morgan fingerprint density at radius 1 is 1.10 bits per heavy atom. The first-order chi connectivity index (χ1) is 14.6. The zero-order valence-corrected chi connectivity index (χ0v) is 17.8. The number of hydrogen-bond acceptors (Lipinski definition) is 6. The van der Waals surface area contributed by atoms with E-state index in [0.717, 1.165) is 32.5 Å². The Bertz CT molecular complexity index is 1220. The average molecular weight is 423 g/mol. The van der Waals surface area contributed by atoms with Crippen LogP contribution in [0.25, 0.3) is 21.9 Å². The Hall–Kier alpha value is -3.26. The van der Waals surface area contributed by atoms with E-state index in [1.807, 2.05) is 24.3 Å². The third-order valence-electron chi connectivity index (χ3n) is 4.78. The molecule has 4 rings (SSSR count). The van der Waals surface area contributed by atoms with Gasteiger partial charge in [-0.25, -0.2) is 9.97 Å². The minimum Gasteiger partial charge on any atom is -0.493 e. The second kappa shape index (κ2) is 8.62. The fourth-order valence-corrected chi connectivity index (χ4v) is 4.05. The van der Waals surface area contributed by atoms with Crippen molar-refractivity contribution in [2.45, 2.75) is 18.5 Å². The predicted octanol–water partition coefficient (Wildman–Crippen LogP) is 3.85. The first-order valence-corrected chi connectivity index (χ1v) is 10.4. The van der Waals surface area contributed by atoms with Crippen LogP contribution in [-0.2, 0) is 11.3 Å². The second-order valence-corrected chi connectivity index (χ2v) is 7.80. The summed E-state index contributed by atoms with van der Waals surface area (Å²) in [5.41, 5.74) is 4.84. The van der Waals surface area contributed by atoms with Crippen LogP contribution in [0.4, 0.5) is 0 Å². The number of amides is 1. The van der Waals surface area contributed by atoms with Gasteiger partial charge in [0.2, 0.25) is 5.91 Å². The van der Waals surface area contributed by atoms with E-state index in [1.54, 1.807) is 20.5 Å². The van der Waals surface area contributed by atoms with Crippen LogP contribution >= 0.6 is 11.8 Å². The van der Waals surface area contributed by atoms with Crippen LogP contribution in [0.3, 0.4) is 0 Å². The van der Waals surface area contributed by atoms with Gasteiger partial charge in [-0.15, -0.1) is 0 Å². The number of aryl methyl sites for hydroxylation is 1. The lowest BCUT2D eigenvalue weighted by molar-refractivity contribution is -0.118. The molecule has 0 spiro atoms. The maximum Gasteiger partial charge on any atom is 0.230 e. The summed E-state index contributed by atoms with van der Waals surface area (Å²) in [6.45, 7) is 2.46. The van der Waals surface area contributed by atoms with Crippen molar-refractivity contribution in [3.63, 3.8) is 0 Å². The highest BCUT2D eigenvalue weighted by molar-refractivity contribution is 8.00. The molecule has 1 amide bonds. The molecule has 7 nitrogen and oxygen atoms in total. The number of hydrogen-bond donors (Lipinski definition) is 2. The molecule has 0 saturated carbocycles. The van der Waals surface area contributed by atoms with E-state index >= 15 is 0 Å². The lowest BCUT2D eigenvalue weighted by Gasteiger charge is -2.10. The summed E-state index contributed by atoms with van der Waals surface area (Å²) < 4.78 is 10.5. The molecule has 30 heavy (non-hydrogen) atoms. The lowest BCUT2D eigenvalue weighted by Crippen LogP contribution is -2.24. The second-order valence-electron chi connectivity index (χ2n) is 6.83. The van der Waals surface area contributed by atoms with Crippen LogP contribution in [0.5, 0.6) is 11.5 Å².